The average molecular weight is 412 g/mol. The predicted octanol–water partition coefficient (Wildman–Crippen LogP) is 3.22. The van der Waals surface area contributed by atoms with Crippen molar-refractivity contribution in [3.05, 3.63) is 64.0 Å². The van der Waals surface area contributed by atoms with Crippen molar-refractivity contribution in [3.63, 3.8) is 0 Å². The van der Waals surface area contributed by atoms with Gasteiger partial charge in [-0.2, -0.15) is 0 Å². The van der Waals surface area contributed by atoms with Gasteiger partial charge in [0.15, 0.2) is 0 Å². The Bertz CT molecular complexity index is 919. The molecule has 0 fully saturated rings. The molecule has 3 rings (SSSR count). The largest absolute Gasteiger partial charge is 0.348 e. The molecule has 0 unspecified atom stereocenters. The second-order valence-corrected chi connectivity index (χ2v) is 7.99. The highest BCUT2D eigenvalue weighted by Crippen LogP contribution is 2.33. The van der Waals surface area contributed by atoms with Crippen molar-refractivity contribution in [2.75, 3.05) is 19.6 Å². The van der Waals surface area contributed by atoms with Crippen LogP contribution in [0, 0.1) is 16.0 Å². The van der Waals surface area contributed by atoms with E-state index in [1.807, 2.05) is 32.2 Å². The standard InChI is InChI=1S/C22H28N4O4/c1-4-20(27)24(14-16(2)3)15-21(28)25-13-12-23-11-5-6-19(23)22(25)17-7-9-18(10-8-17)26(29)30/h5-11,16,22H,4,12-15H2,1-3H3/t22-/m0/s1. The number of aromatic nitrogens is 1. The summed E-state index contributed by atoms with van der Waals surface area (Å²) >= 11 is 0. The molecular weight excluding hydrogens is 384 g/mol. The SMILES string of the molecule is CCC(=O)N(CC(=O)N1CCn2cccc2[C@@H]1c1ccc([N+](=O)[O-])cc1)CC(C)C. The molecule has 0 saturated heterocycles. The van der Waals surface area contributed by atoms with Gasteiger partial charge in [0.05, 0.1) is 17.5 Å². The summed E-state index contributed by atoms with van der Waals surface area (Å²) < 4.78 is 2.10. The van der Waals surface area contributed by atoms with E-state index in [0.717, 1.165) is 11.3 Å². The first-order valence-electron chi connectivity index (χ1n) is 10.3. The molecule has 1 atom stereocenters. The Labute approximate surface area is 176 Å². The minimum atomic E-state index is -0.434. The van der Waals surface area contributed by atoms with Crippen LogP contribution in [0.3, 0.4) is 0 Å². The third-order valence-corrected chi connectivity index (χ3v) is 5.35. The summed E-state index contributed by atoms with van der Waals surface area (Å²) in [5.41, 5.74) is 1.78. The average Bonchev–Trinajstić information content (AvgIpc) is 3.20. The van der Waals surface area contributed by atoms with Gasteiger partial charge in [0.25, 0.3) is 5.69 Å². The minimum absolute atomic E-state index is 0.0134. The van der Waals surface area contributed by atoms with Gasteiger partial charge < -0.3 is 14.4 Å². The van der Waals surface area contributed by atoms with Crippen molar-refractivity contribution in [2.45, 2.75) is 39.8 Å². The number of carbonyl (C=O) groups is 2. The minimum Gasteiger partial charge on any atom is -0.348 e. The van der Waals surface area contributed by atoms with E-state index in [-0.39, 0.29) is 36.0 Å². The molecule has 0 aliphatic carbocycles. The monoisotopic (exact) mass is 412 g/mol. The highest BCUT2D eigenvalue weighted by atomic mass is 16.6. The lowest BCUT2D eigenvalue weighted by molar-refractivity contribution is -0.384. The van der Waals surface area contributed by atoms with Crippen LogP contribution in [0.4, 0.5) is 5.69 Å². The van der Waals surface area contributed by atoms with Crippen LogP contribution in [-0.4, -0.2) is 50.7 Å². The van der Waals surface area contributed by atoms with Crippen LogP contribution in [0.15, 0.2) is 42.6 Å². The smallest absolute Gasteiger partial charge is 0.269 e. The van der Waals surface area contributed by atoms with Crippen molar-refractivity contribution in [1.29, 1.82) is 0 Å². The van der Waals surface area contributed by atoms with E-state index in [2.05, 4.69) is 4.57 Å². The lowest BCUT2D eigenvalue weighted by Crippen LogP contribution is -2.48. The van der Waals surface area contributed by atoms with Gasteiger partial charge in [-0.3, -0.25) is 19.7 Å². The Balaban J connectivity index is 1.90. The van der Waals surface area contributed by atoms with E-state index >= 15 is 0 Å². The predicted molar refractivity (Wildman–Crippen MR) is 113 cm³/mol. The number of benzene rings is 1. The van der Waals surface area contributed by atoms with Gasteiger partial charge in [0, 0.05) is 50.1 Å². The van der Waals surface area contributed by atoms with E-state index in [1.54, 1.807) is 28.9 Å². The van der Waals surface area contributed by atoms with E-state index < -0.39 is 4.92 Å². The summed E-state index contributed by atoms with van der Waals surface area (Å²) in [7, 11) is 0. The fraction of sp³-hybridized carbons (Fsp3) is 0.455. The number of nitrogens with zero attached hydrogens (tertiary/aromatic N) is 4. The molecule has 8 nitrogen and oxygen atoms in total. The van der Waals surface area contributed by atoms with Crippen molar-refractivity contribution in [1.82, 2.24) is 14.4 Å². The normalized spacial score (nSPS) is 15.7. The number of carbonyl (C=O) groups excluding carboxylic acids is 2. The van der Waals surface area contributed by atoms with Crippen molar-refractivity contribution >= 4 is 17.5 Å². The Morgan fingerprint density at radius 2 is 1.90 bits per heavy atom. The first-order valence-corrected chi connectivity index (χ1v) is 10.3. The maximum absolute atomic E-state index is 13.3. The maximum Gasteiger partial charge on any atom is 0.269 e. The zero-order chi connectivity index (χ0) is 21.8. The van der Waals surface area contributed by atoms with Crippen LogP contribution in [0.25, 0.3) is 0 Å². The summed E-state index contributed by atoms with van der Waals surface area (Å²) in [6, 6.07) is 9.89. The summed E-state index contributed by atoms with van der Waals surface area (Å²) in [6.45, 7) is 7.59. The first-order chi connectivity index (χ1) is 14.3. The van der Waals surface area contributed by atoms with Gasteiger partial charge in [-0.15, -0.1) is 0 Å². The zero-order valence-corrected chi connectivity index (χ0v) is 17.7. The maximum atomic E-state index is 13.3. The fourth-order valence-corrected chi connectivity index (χ4v) is 3.95. The van der Waals surface area contributed by atoms with Gasteiger partial charge in [-0.1, -0.05) is 20.8 Å². The quantitative estimate of drug-likeness (QED) is 0.516. The van der Waals surface area contributed by atoms with Gasteiger partial charge in [-0.25, -0.2) is 0 Å². The number of hydrogen-bond donors (Lipinski definition) is 0. The molecule has 1 aromatic heterocycles. The number of rotatable bonds is 7. The van der Waals surface area contributed by atoms with E-state index in [1.165, 1.54) is 12.1 Å². The van der Waals surface area contributed by atoms with Crippen LogP contribution in [0.2, 0.25) is 0 Å². The number of fused-ring (bicyclic) bond motifs is 1. The van der Waals surface area contributed by atoms with Crippen molar-refractivity contribution in [3.8, 4) is 0 Å². The van der Waals surface area contributed by atoms with E-state index in [9.17, 15) is 19.7 Å². The van der Waals surface area contributed by atoms with Gasteiger partial charge in [-0.05, 0) is 35.7 Å². The molecule has 30 heavy (non-hydrogen) atoms. The summed E-state index contributed by atoms with van der Waals surface area (Å²) in [5, 5.41) is 11.0. The highest BCUT2D eigenvalue weighted by Gasteiger charge is 2.33. The number of hydrogen-bond acceptors (Lipinski definition) is 4. The summed E-state index contributed by atoms with van der Waals surface area (Å²) in [6.07, 6.45) is 2.33. The summed E-state index contributed by atoms with van der Waals surface area (Å²) in [4.78, 5) is 39.7. The Hall–Kier alpha value is -3.16. The van der Waals surface area contributed by atoms with Gasteiger partial charge in [0.2, 0.25) is 11.8 Å². The second-order valence-electron chi connectivity index (χ2n) is 7.99. The van der Waals surface area contributed by atoms with Crippen LogP contribution in [-0.2, 0) is 16.1 Å². The first kappa shape index (κ1) is 21.5. The molecule has 2 amide bonds. The Kier molecular flexibility index (Phi) is 6.54. The number of nitro groups is 1. The topological polar surface area (TPSA) is 88.7 Å². The van der Waals surface area contributed by atoms with E-state index in [4.69, 9.17) is 0 Å². The molecule has 2 heterocycles. The molecule has 0 radical (unpaired) electrons. The van der Waals surface area contributed by atoms with Gasteiger partial charge in [0.1, 0.15) is 0 Å². The zero-order valence-electron chi connectivity index (χ0n) is 17.7. The molecule has 160 valence electrons. The second kappa shape index (κ2) is 9.11. The highest BCUT2D eigenvalue weighted by molar-refractivity contribution is 5.85. The molecule has 8 heteroatoms. The molecule has 1 aliphatic heterocycles. The van der Waals surface area contributed by atoms with Crippen LogP contribution in [0.5, 0.6) is 0 Å². The lowest BCUT2D eigenvalue weighted by Gasteiger charge is -2.38. The molecule has 1 aliphatic rings. The molecule has 2 aromatic rings. The number of non-ortho nitro benzene ring substituents is 1. The Morgan fingerprint density at radius 1 is 1.20 bits per heavy atom. The van der Waals surface area contributed by atoms with Crippen molar-refractivity contribution < 1.29 is 14.5 Å². The summed E-state index contributed by atoms with van der Waals surface area (Å²) in [5.74, 6) is 0.106. The molecule has 0 N–H and O–H groups in total. The fourth-order valence-electron chi connectivity index (χ4n) is 3.95. The number of nitro benzene ring substituents is 1. The number of amides is 2. The van der Waals surface area contributed by atoms with Crippen molar-refractivity contribution in [2.24, 2.45) is 5.92 Å². The third kappa shape index (κ3) is 4.53. The van der Waals surface area contributed by atoms with Gasteiger partial charge >= 0.3 is 0 Å². The van der Waals surface area contributed by atoms with Crippen LogP contribution in [0.1, 0.15) is 44.5 Å². The van der Waals surface area contributed by atoms with E-state index in [0.29, 0.717) is 26.1 Å². The molecule has 0 spiro atoms. The Morgan fingerprint density at radius 3 is 2.50 bits per heavy atom. The molecule has 0 saturated carbocycles. The molecule has 1 aromatic carbocycles. The van der Waals surface area contributed by atoms with Crippen LogP contribution < -0.4 is 0 Å². The molecular formula is C22H28N4O4. The lowest BCUT2D eigenvalue weighted by atomic mass is 9.99. The third-order valence-electron chi connectivity index (χ3n) is 5.35. The van der Waals surface area contributed by atoms with Crippen LogP contribution >= 0.6 is 0 Å². The molecule has 0 bridgehead atoms.